The minimum atomic E-state index is -0.785. The molecule has 4 heterocycles. The maximum absolute atomic E-state index is 6.88. The van der Waals surface area contributed by atoms with Gasteiger partial charge in [-0.1, -0.05) is 91.0 Å². The lowest BCUT2D eigenvalue weighted by atomic mass is 9.90. The molecule has 4 aliphatic rings. The third kappa shape index (κ3) is 8.18. The van der Waals surface area contributed by atoms with Crippen LogP contribution < -0.4 is 0 Å². The Morgan fingerprint density at radius 3 is 1.77 bits per heavy atom. The lowest BCUT2D eigenvalue weighted by Gasteiger charge is -2.44. The molecule has 9 heteroatoms. The summed E-state index contributed by atoms with van der Waals surface area (Å²) >= 11 is 0. The lowest BCUT2D eigenvalue weighted by molar-refractivity contribution is -0.255. The van der Waals surface area contributed by atoms with Crippen molar-refractivity contribution in [1.29, 1.82) is 0 Å². The standard InChI is InChI=1S/C39H48O9/c1-38(2)45-34-31(44-37-36(35(34)46-38)47-39(3,4)48-37)21-29-20-30(41-23-27-16-10-6-11-17-27)33(42-24-28-18-12-7-13-19-28)32(43-29)25-40-22-26-14-8-5-9-15-26/h5-19,29-37H,20-25H2,1-4H3/t29-,30-,31-,32-,33-,34+,35+,36-,37-/m1/s1. The molecule has 0 bridgehead atoms. The van der Waals surface area contributed by atoms with E-state index in [0.29, 0.717) is 39.3 Å². The molecule has 3 aromatic carbocycles. The van der Waals surface area contributed by atoms with Gasteiger partial charge in [-0.05, 0) is 44.4 Å². The summed E-state index contributed by atoms with van der Waals surface area (Å²) in [6.07, 6.45) is -2.02. The van der Waals surface area contributed by atoms with E-state index in [1.54, 1.807) is 0 Å². The van der Waals surface area contributed by atoms with E-state index in [2.05, 4.69) is 36.4 Å². The molecule has 0 unspecified atom stereocenters. The second-order valence-electron chi connectivity index (χ2n) is 14.1. The van der Waals surface area contributed by atoms with E-state index in [1.807, 2.05) is 82.3 Å². The zero-order valence-corrected chi connectivity index (χ0v) is 28.3. The molecule has 0 aromatic heterocycles. The van der Waals surface area contributed by atoms with Crippen molar-refractivity contribution in [2.75, 3.05) is 6.61 Å². The largest absolute Gasteiger partial charge is 0.374 e. The van der Waals surface area contributed by atoms with Crippen molar-refractivity contribution in [2.24, 2.45) is 0 Å². The Labute approximate surface area is 283 Å². The molecule has 48 heavy (non-hydrogen) atoms. The smallest absolute Gasteiger partial charge is 0.190 e. The topological polar surface area (TPSA) is 83.1 Å². The molecule has 4 aliphatic heterocycles. The van der Waals surface area contributed by atoms with E-state index in [4.69, 9.17) is 42.6 Å². The second-order valence-corrected chi connectivity index (χ2v) is 14.1. The quantitative estimate of drug-likeness (QED) is 0.222. The fourth-order valence-electron chi connectivity index (χ4n) is 7.23. The maximum atomic E-state index is 6.88. The van der Waals surface area contributed by atoms with Crippen LogP contribution in [0, 0.1) is 0 Å². The third-order valence-corrected chi connectivity index (χ3v) is 9.33. The zero-order valence-electron chi connectivity index (χ0n) is 28.3. The molecular formula is C39H48O9. The van der Waals surface area contributed by atoms with E-state index in [-0.39, 0.29) is 48.8 Å². The van der Waals surface area contributed by atoms with Gasteiger partial charge in [-0.15, -0.1) is 0 Å². The van der Waals surface area contributed by atoms with Crippen LogP contribution in [0.15, 0.2) is 91.0 Å². The van der Waals surface area contributed by atoms with Crippen molar-refractivity contribution in [3.05, 3.63) is 108 Å². The van der Waals surface area contributed by atoms with Crippen LogP contribution in [0.25, 0.3) is 0 Å². The molecule has 4 fully saturated rings. The van der Waals surface area contributed by atoms with E-state index < -0.39 is 17.9 Å². The zero-order chi connectivity index (χ0) is 33.1. The molecule has 0 radical (unpaired) electrons. The molecule has 9 atom stereocenters. The van der Waals surface area contributed by atoms with Crippen LogP contribution in [0.2, 0.25) is 0 Å². The average Bonchev–Trinajstić information content (AvgIpc) is 3.58. The van der Waals surface area contributed by atoms with Crippen LogP contribution in [-0.4, -0.2) is 73.3 Å². The summed E-state index contributed by atoms with van der Waals surface area (Å²) in [7, 11) is 0. The van der Waals surface area contributed by atoms with E-state index in [9.17, 15) is 0 Å². The number of hydrogen-bond donors (Lipinski definition) is 0. The van der Waals surface area contributed by atoms with Crippen LogP contribution in [-0.2, 0) is 62.5 Å². The molecular weight excluding hydrogens is 612 g/mol. The van der Waals surface area contributed by atoms with Gasteiger partial charge in [0.25, 0.3) is 0 Å². The van der Waals surface area contributed by atoms with Gasteiger partial charge in [-0.25, -0.2) is 0 Å². The number of benzene rings is 3. The molecule has 0 amide bonds. The SMILES string of the molecule is CC1(C)O[C@H]2[C@@H](O1)[C@@H](C[C@H]1C[C@@H](OCc3ccccc3)[C@@H](OCc3ccccc3)[C@@H](COCc3ccccc3)O1)O[C@@H]1OC(C)(C)O[C@@H]12. The predicted molar refractivity (Wildman–Crippen MR) is 177 cm³/mol. The van der Waals surface area contributed by atoms with Crippen molar-refractivity contribution < 1.29 is 42.6 Å². The van der Waals surface area contributed by atoms with Gasteiger partial charge >= 0.3 is 0 Å². The first-order valence-corrected chi connectivity index (χ1v) is 17.2. The van der Waals surface area contributed by atoms with Crippen molar-refractivity contribution in [1.82, 2.24) is 0 Å². The number of hydrogen-bond acceptors (Lipinski definition) is 9. The number of fused-ring (bicyclic) bond motifs is 3. The summed E-state index contributed by atoms with van der Waals surface area (Å²) in [5.74, 6) is -1.56. The highest BCUT2D eigenvalue weighted by atomic mass is 16.9. The molecule has 7 rings (SSSR count). The Hall–Kier alpha value is -2.70. The molecule has 0 aliphatic carbocycles. The van der Waals surface area contributed by atoms with Crippen LogP contribution >= 0.6 is 0 Å². The van der Waals surface area contributed by atoms with Gasteiger partial charge in [0.2, 0.25) is 0 Å². The first-order valence-electron chi connectivity index (χ1n) is 17.2. The number of rotatable bonds is 12. The van der Waals surface area contributed by atoms with Gasteiger partial charge in [0.15, 0.2) is 17.9 Å². The van der Waals surface area contributed by atoms with E-state index >= 15 is 0 Å². The first kappa shape index (κ1) is 33.8. The van der Waals surface area contributed by atoms with Crippen LogP contribution in [0.5, 0.6) is 0 Å². The summed E-state index contributed by atoms with van der Waals surface area (Å²) in [6.45, 7) is 9.36. The minimum Gasteiger partial charge on any atom is -0.374 e. The normalized spacial score (nSPS) is 33.6. The highest BCUT2D eigenvalue weighted by molar-refractivity contribution is 5.15. The van der Waals surface area contributed by atoms with Gasteiger partial charge in [-0.3, -0.25) is 0 Å². The van der Waals surface area contributed by atoms with E-state index in [1.165, 1.54) is 0 Å². The summed E-state index contributed by atoms with van der Waals surface area (Å²) in [5, 5.41) is 0. The van der Waals surface area contributed by atoms with Gasteiger partial charge in [0.1, 0.15) is 30.5 Å². The molecule has 4 saturated heterocycles. The molecule has 3 aromatic rings. The summed E-state index contributed by atoms with van der Waals surface area (Å²) < 4.78 is 58.4. The molecule has 0 spiro atoms. The molecule has 258 valence electrons. The van der Waals surface area contributed by atoms with Gasteiger partial charge < -0.3 is 42.6 Å². The van der Waals surface area contributed by atoms with Crippen LogP contribution in [0.4, 0.5) is 0 Å². The summed E-state index contributed by atoms with van der Waals surface area (Å²) in [4.78, 5) is 0. The van der Waals surface area contributed by atoms with Gasteiger partial charge in [0.05, 0.1) is 44.7 Å². The van der Waals surface area contributed by atoms with E-state index in [0.717, 1.165) is 16.7 Å². The van der Waals surface area contributed by atoms with Crippen LogP contribution in [0.1, 0.15) is 57.2 Å². The summed E-state index contributed by atoms with van der Waals surface area (Å²) in [6, 6.07) is 30.6. The monoisotopic (exact) mass is 660 g/mol. The minimum absolute atomic E-state index is 0.225. The molecule has 9 nitrogen and oxygen atoms in total. The Bertz CT molecular complexity index is 1440. The van der Waals surface area contributed by atoms with Gasteiger partial charge in [0, 0.05) is 12.8 Å². The summed E-state index contributed by atoms with van der Waals surface area (Å²) in [5.41, 5.74) is 3.29. The first-order chi connectivity index (χ1) is 23.2. The van der Waals surface area contributed by atoms with Crippen molar-refractivity contribution in [3.8, 4) is 0 Å². The maximum Gasteiger partial charge on any atom is 0.190 e. The van der Waals surface area contributed by atoms with Crippen molar-refractivity contribution >= 4 is 0 Å². The molecule has 0 saturated carbocycles. The Kier molecular flexibility index (Phi) is 10.3. The van der Waals surface area contributed by atoms with Crippen LogP contribution in [0.3, 0.4) is 0 Å². The Morgan fingerprint density at radius 2 is 1.12 bits per heavy atom. The fraction of sp³-hybridized carbons (Fsp3) is 0.538. The number of ether oxygens (including phenoxy) is 9. The predicted octanol–water partition coefficient (Wildman–Crippen LogP) is 6.32. The second kappa shape index (κ2) is 14.6. The fourth-order valence-corrected chi connectivity index (χ4v) is 7.23. The lowest BCUT2D eigenvalue weighted by Crippen LogP contribution is -2.57. The Morgan fingerprint density at radius 1 is 0.583 bits per heavy atom. The highest BCUT2D eigenvalue weighted by Crippen LogP contribution is 2.45. The van der Waals surface area contributed by atoms with Gasteiger partial charge in [-0.2, -0.15) is 0 Å². The average molecular weight is 661 g/mol. The Balaban J connectivity index is 1.12. The third-order valence-electron chi connectivity index (χ3n) is 9.33. The van der Waals surface area contributed by atoms with Crippen molar-refractivity contribution in [3.63, 3.8) is 0 Å². The highest BCUT2D eigenvalue weighted by Gasteiger charge is 2.61. The van der Waals surface area contributed by atoms with Crippen molar-refractivity contribution in [2.45, 2.75) is 127 Å². The molecule has 0 N–H and O–H groups in total.